The summed E-state index contributed by atoms with van der Waals surface area (Å²) in [6.45, 7) is 2.04. The molecule has 1 aliphatic carbocycles. The molecule has 0 spiro atoms. The fourth-order valence-electron chi connectivity index (χ4n) is 1.87. The van der Waals surface area contributed by atoms with Gasteiger partial charge in [0.15, 0.2) is 0 Å². The van der Waals surface area contributed by atoms with Gasteiger partial charge in [0.2, 0.25) is 0 Å². The van der Waals surface area contributed by atoms with Gasteiger partial charge in [-0.15, -0.1) is 0 Å². The molecule has 0 radical (unpaired) electrons. The van der Waals surface area contributed by atoms with Gasteiger partial charge in [-0.3, -0.25) is 10.2 Å². The second-order valence-corrected chi connectivity index (χ2v) is 3.83. The highest BCUT2D eigenvalue weighted by Crippen LogP contribution is 2.23. The van der Waals surface area contributed by atoms with Crippen LogP contribution in [0.3, 0.4) is 0 Å². The smallest absolute Gasteiger partial charge is 0.262 e. The van der Waals surface area contributed by atoms with Gasteiger partial charge in [-0.1, -0.05) is 26.2 Å². The van der Waals surface area contributed by atoms with E-state index in [-0.39, 0.29) is 18.1 Å². The monoisotopic (exact) mass is 200 g/mol. The van der Waals surface area contributed by atoms with E-state index in [0.29, 0.717) is 0 Å². The average molecular weight is 200 g/mol. The van der Waals surface area contributed by atoms with E-state index in [9.17, 15) is 4.79 Å². The van der Waals surface area contributed by atoms with Gasteiger partial charge >= 0.3 is 0 Å². The molecule has 0 aromatic rings. The van der Waals surface area contributed by atoms with Crippen molar-refractivity contribution in [1.29, 1.82) is 0 Å². The summed E-state index contributed by atoms with van der Waals surface area (Å²) in [6.07, 6.45) is 6.19. The SMILES string of the molecule is CCCC(OC1CCCC1)C(=O)NN. The first-order valence-electron chi connectivity index (χ1n) is 5.43. The van der Waals surface area contributed by atoms with Crippen LogP contribution >= 0.6 is 0 Å². The van der Waals surface area contributed by atoms with Crippen LogP contribution < -0.4 is 11.3 Å². The zero-order valence-corrected chi connectivity index (χ0v) is 8.79. The Morgan fingerprint density at radius 2 is 2.21 bits per heavy atom. The standard InChI is InChI=1S/C10H20N2O2/c1-2-5-9(10(13)12-11)14-8-6-3-4-7-8/h8-9H,2-7,11H2,1H3,(H,12,13). The molecule has 1 rings (SSSR count). The van der Waals surface area contributed by atoms with E-state index in [0.717, 1.165) is 25.7 Å². The number of nitrogens with one attached hydrogen (secondary N) is 1. The summed E-state index contributed by atoms with van der Waals surface area (Å²) in [5.41, 5.74) is 2.16. The Labute approximate surface area is 85.2 Å². The lowest BCUT2D eigenvalue weighted by Gasteiger charge is -2.19. The van der Waals surface area contributed by atoms with E-state index >= 15 is 0 Å². The van der Waals surface area contributed by atoms with Crippen molar-refractivity contribution < 1.29 is 9.53 Å². The zero-order valence-electron chi connectivity index (χ0n) is 8.79. The van der Waals surface area contributed by atoms with Gasteiger partial charge in [0, 0.05) is 0 Å². The molecule has 3 N–H and O–H groups in total. The van der Waals surface area contributed by atoms with Crippen molar-refractivity contribution in [3.63, 3.8) is 0 Å². The molecule has 0 saturated heterocycles. The molecule has 82 valence electrons. The number of nitrogens with two attached hydrogens (primary N) is 1. The Kier molecular flexibility index (Phi) is 4.90. The number of amides is 1. The summed E-state index contributed by atoms with van der Waals surface area (Å²) in [7, 11) is 0. The fourth-order valence-corrected chi connectivity index (χ4v) is 1.87. The van der Waals surface area contributed by atoms with Crippen molar-refractivity contribution in [2.24, 2.45) is 5.84 Å². The van der Waals surface area contributed by atoms with Crippen LogP contribution in [0.4, 0.5) is 0 Å². The summed E-state index contributed by atoms with van der Waals surface area (Å²) in [6, 6.07) is 0. The molecule has 1 amide bonds. The predicted octanol–water partition coefficient (Wildman–Crippen LogP) is 1.10. The van der Waals surface area contributed by atoms with Crippen molar-refractivity contribution in [2.45, 2.75) is 57.7 Å². The van der Waals surface area contributed by atoms with E-state index in [2.05, 4.69) is 5.43 Å². The van der Waals surface area contributed by atoms with Gasteiger partial charge in [-0.05, 0) is 19.3 Å². The van der Waals surface area contributed by atoms with E-state index in [4.69, 9.17) is 10.6 Å². The molecule has 1 fully saturated rings. The predicted molar refractivity (Wildman–Crippen MR) is 54.4 cm³/mol. The molecular formula is C10H20N2O2. The first-order chi connectivity index (χ1) is 6.77. The van der Waals surface area contributed by atoms with Gasteiger partial charge in [0.25, 0.3) is 5.91 Å². The van der Waals surface area contributed by atoms with Gasteiger partial charge in [-0.2, -0.15) is 0 Å². The molecule has 1 aliphatic rings. The lowest BCUT2D eigenvalue weighted by molar-refractivity contribution is -0.137. The Bertz CT molecular complexity index is 179. The van der Waals surface area contributed by atoms with Gasteiger partial charge < -0.3 is 4.74 Å². The number of hydrogen-bond acceptors (Lipinski definition) is 3. The van der Waals surface area contributed by atoms with Crippen LogP contribution in [0.1, 0.15) is 45.4 Å². The first-order valence-corrected chi connectivity index (χ1v) is 5.43. The van der Waals surface area contributed by atoms with Crippen LogP contribution in [0.15, 0.2) is 0 Å². The van der Waals surface area contributed by atoms with Gasteiger partial charge in [0.05, 0.1) is 6.10 Å². The molecule has 1 saturated carbocycles. The highest BCUT2D eigenvalue weighted by molar-refractivity contribution is 5.80. The summed E-state index contributed by atoms with van der Waals surface area (Å²) in [4.78, 5) is 11.3. The van der Waals surface area contributed by atoms with Crippen molar-refractivity contribution in [3.8, 4) is 0 Å². The second-order valence-electron chi connectivity index (χ2n) is 3.83. The van der Waals surface area contributed by atoms with Crippen LogP contribution in [0.2, 0.25) is 0 Å². The first kappa shape index (κ1) is 11.5. The van der Waals surface area contributed by atoms with E-state index in [1.807, 2.05) is 6.92 Å². The van der Waals surface area contributed by atoms with Crippen LogP contribution in [0, 0.1) is 0 Å². The largest absolute Gasteiger partial charge is 0.365 e. The lowest BCUT2D eigenvalue weighted by Crippen LogP contribution is -2.41. The molecule has 0 aromatic heterocycles. The Morgan fingerprint density at radius 1 is 1.57 bits per heavy atom. The Hall–Kier alpha value is -0.610. The number of carbonyl (C=O) groups excluding carboxylic acids is 1. The molecule has 0 heterocycles. The quantitative estimate of drug-likeness (QED) is 0.397. The topological polar surface area (TPSA) is 64.3 Å². The minimum Gasteiger partial charge on any atom is -0.365 e. The number of hydrazine groups is 1. The third-order valence-electron chi connectivity index (χ3n) is 2.64. The third-order valence-corrected chi connectivity index (χ3v) is 2.64. The maximum absolute atomic E-state index is 11.3. The van der Waals surface area contributed by atoms with E-state index in [1.54, 1.807) is 0 Å². The number of carbonyl (C=O) groups is 1. The van der Waals surface area contributed by atoms with E-state index < -0.39 is 0 Å². The summed E-state index contributed by atoms with van der Waals surface area (Å²) >= 11 is 0. The number of ether oxygens (including phenoxy) is 1. The zero-order chi connectivity index (χ0) is 10.4. The van der Waals surface area contributed by atoms with Crippen LogP contribution in [0.5, 0.6) is 0 Å². The Balaban J connectivity index is 2.37. The molecular weight excluding hydrogens is 180 g/mol. The molecule has 0 bridgehead atoms. The summed E-state index contributed by atoms with van der Waals surface area (Å²) < 4.78 is 5.71. The van der Waals surface area contributed by atoms with Crippen LogP contribution in [0.25, 0.3) is 0 Å². The third kappa shape index (κ3) is 3.27. The normalized spacial score (nSPS) is 19.6. The average Bonchev–Trinajstić information content (AvgIpc) is 2.68. The Morgan fingerprint density at radius 3 is 2.71 bits per heavy atom. The van der Waals surface area contributed by atoms with Crippen molar-refractivity contribution in [3.05, 3.63) is 0 Å². The van der Waals surface area contributed by atoms with Crippen molar-refractivity contribution in [2.75, 3.05) is 0 Å². The number of rotatable bonds is 5. The fraction of sp³-hybridized carbons (Fsp3) is 0.900. The van der Waals surface area contributed by atoms with Crippen molar-refractivity contribution >= 4 is 5.91 Å². The van der Waals surface area contributed by atoms with Crippen LogP contribution in [-0.2, 0) is 9.53 Å². The highest BCUT2D eigenvalue weighted by Gasteiger charge is 2.24. The van der Waals surface area contributed by atoms with Crippen molar-refractivity contribution in [1.82, 2.24) is 5.43 Å². The van der Waals surface area contributed by atoms with E-state index in [1.165, 1.54) is 12.8 Å². The molecule has 14 heavy (non-hydrogen) atoms. The number of hydrogen-bond donors (Lipinski definition) is 2. The summed E-state index contributed by atoms with van der Waals surface area (Å²) in [5.74, 6) is 4.90. The molecule has 1 unspecified atom stereocenters. The minimum absolute atomic E-state index is 0.196. The van der Waals surface area contributed by atoms with Crippen LogP contribution in [-0.4, -0.2) is 18.1 Å². The molecule has 0 aliphatic heterocycles. The molecule has 0 aromatic carbocycles. The molecule has 4 heteroatoms. The molecule has 4 nitrogen and oxygen atoms in total. The van der Waals surface area contributed by atoms with Gasteiger partial charge in [-0.25, -0.2) is 5.84 Å². The maximum Gasteiger partial charge on any atom is 0.262 e. The molecule has 1 atom stereocenters. The maximum atomic E-state index is 11.3. The minimum atomic E-state index is -0.354. The van der Waals surface area contributed by atoms with Gasteiger partial charge in [0.1, 0.15) is 6.10 Å². The summed E-state index contributed by atoms with van der Waals surface area (Å²) in [5, 5.41) is 0. The highest BCUT2D eigenvalue weighted by atomic mass is 16.5. The second kappa shape index (κ2) is 5.98. The lowest BCUT2D eigenvalue weighted by atomic mass is 10.2.